The average molecular weight is 383 g/mol. The third kappa shape index (κ3) is 2.37. The Kier molecular flexibility index (Phi) is 3.64. The molecule has 2 atom stereocenters. The zero-order valence-electron chi connectivity index (χ0n) is 15.3. The number of hydrogen-bond acceptors (Lipinski definition) is 3. The molecule has 3 N–H and O–H groups in total. The number of H-pyrrole nitrogens is 1. The third-order valence-electron chi connectivity index (χ3n) is 6.67. The Hall–Kier alpha value is -2.01. The van der Waals surface area contributed by atoms with Gasteiger partial charge in [0.05, 0.1) is 16.1 Å². The molecule has 1 aliphatic carbocycles. The molecule has 0 amide bonds. The maximum Gasteiger partial charge on any atom is 0.115 e. The number of phenolic OH excluding ortho intramolecular Hbond substituents is 1. The number of aromatic amines is 1. The fraction of sp³-hybridized carbons (Fsp3) is 0.364. The van der Waals surface area contributed by atoms with Gasteiger partial charge in [0, 0.05) is 35.9 Å². The van der Waals surface area contributed by atoms with Crippen LogP contribution in [0.1, 0.15) is 23.2 Å². The van der Waals surface area contributed by atoms with Gasteiger partial charge in [0.1, 0.15) is 5.75 Å². The molecule has 2 unspecified atom stereocenters. The number of phenols is 1. The van der Waals surface area contributed by atoms with Crippen LogP contribution in [0.15, 0.2) is 42.5 Å². The first-order chi connectivity index (χ1) is 12.9. The molecule has 0 radical (unpaired) electrons. The Morgan fingerprint density at radius 3 is 2.78 bits per heavy atom. The van der Waals surface area contributed by atoms with Crippen LogP contribution in [-0.2, 0) is 18.3 Å². The lowest BCUT2D eigenvalue weighted by Gasteiger charge is -2.55. The summed E-state index contributed by atoms with van der Waals surface area (Å²) in [5.74, 6) is 0.244. The number of hydrogen-bond donors (Lipinski definition) is 3. The van der Waals surface area contributed by atoms with Gasteiger partial charge in [0.2, 0.25) is 0 Å². The first-order valence-corrected chi connectivity index (χ1v) is 9.78. The van der Waals surface area contributed by atoms with Gasteiger partial charge in [-0.3, -0.25) is 0 Å². The Morgan fingerprint density at radius 1 is 1.15 bits per heavy atom. The zero-order valence-corrected chi connectivity index (χ0v) is 16.1. The number of aromatic hydroxyl groups is 1. The number of nitrogens with zero attached hydrogens (tertiary/aromatic N) is 1. The molecule has 1 aromatic heterocycles. The molecule has 1 fully saturated rings. The lowest BCUT2D eigenvalue weighted by Crippen LogP contribution is -2.65. The topological polar surface area (TPSA) is 59.5 Å². The monoisotopic (exact) mass is 382 g/mol. The average Bonchev–Trinajstić information content (AvgIpc) is 2.97. The summed E-state index contributed by atoms with van der Waals surface area (Å²) in [6, 6.07) is 13.3. The molecule has 5 rings (SSSR count). The molecule has 140 valence electrons. The molecule has 1 aliphatic heterocycles. The van der Waals surface area contributed by atoms with E-state index in [1.165, 1.54) is 5.56 Å². The van der Waals surface area contributed by atoms with Crippen molar-refractivity contribution in [2.75, 3.05) is 20.1 Å². The van der Waals surface area contributed by atoms with Crippen molar-refractivity contribution in [1.29, 1.82) is 0 Å². The Labute approximate surface area is 163 Å². The highest BCUT2D eigenvalue weighted by Gasteiger charge is 2.57. The molecule has 1 saturated heterocycles. The molecule has 0 bridgehead atoms. The molecule has 2 heterocycles. The summed E-state index contributed by atoms with van der Waals surface area (Å²) in [4.78, 5) is 5.74. The van der Waals surface area contributed by atoms with Gasteiger partial charge in [0.15, 0.2) is 0 Å². The van der Waals surface area contributed by atoms with Crippen LogP contribution in [0.4, 0.5) is 0 Å². The summed E-state index contributed by atoms with van der Waals surface area (Å²) in [6.07, 6.45) is 2.12. The molecular formula is C22H23ClN2O2. The zero-order chi connectivity index (χ0) is 18.8. The van der Waals surface area contributed by atoms with E-state index in [2.05, 4.69) is 23.0 Å². The lowest BCUT2D eigenvalue weighted by molar-refractivity contribution is -0.0972. The molecule has 2 aromatic carbocycles. The second-order valence-corrected chi connectivity index (χ2v) is 8.66. The number of aliphatic hydroxyl groups is 1. The van der Waals surface area contributed by atoms with Gasteiger partial charge in [-0.1, -0.05) is 35.9 Å². The van der Waals surface area contributed by atoms with E-state index in [1.54, 1.807) is 6.07 Å². The molecule has 0 spiro atoms. The van der Waals surface area contributed by atoms with E-state index in [1.807, 2.05) is 30.3 Å². The first-order valence-electron chi connectivity index (χ1n) is 9.40. The first kappa shape index (κ1) is 17.1. The number of nitrogens with one attached hydrogen (secondary N) is 1. The highest BCUT2D eigenvalue weighted by atomic mass is 35.5. The van der Waals surface area contributed by atoms with Gasteiger partial charge in [0.25, 0.3) is 0 Å². The number of rotatable bonds is 1. The van der Waals surface area contributed by atoms with Crippen LogP contribution in [0, 0.1) is 0 Å². The van der Waals surface area contributed by atoms with Gasteiger partial charge in [-0.05, 0) is 49.3 Å². The summed E-state index contributed by atoms with van der Waals surface area (Å²) in [5, 5.41) is 23.9. The van der Waals surface area contributed by atoms with E-state index in [-0.39, 0.29) is 5.75 Å². The molecule has 2 aliphatic rings. The number of likely N-dealkylation sites (N-methyl/N-ethyl adjacent to an activating group) is 1. The second kappa shape index (κ2) is 5.74. The quantitative estimate of drug-likeness (QED) is 0.602. The van der Waals surface area contributed by atoms with Crippen molar-refractivity contribution in [2.24, 2.45) is 0 Å². The molecular weight excluding hydrogens is 360 g/mol. The van der Waals surface area contributed by atoms with Crippen molar-refractivity contribution in [3.8, 4) is 5.75 Å². The van der Waals surface area contributed by atoms with Crippen LogP contribution in [0.3, 0.4) is 0 Å². The largest absolute Gasteiger partial charge is 0.508 e. The van der Waals surface area contributed by atoms with Crippen LogP contribution >= 0.6 is 11.6 Å². The van der Waals surface area contributed by atoms with Crippen molar-refractivity contribution in [2.45, 2.75) is 30.3 Å². The molecule has 4 nitrogen and oxygen atoms in total. The second-order valence-electron chi connectivity index (χ2n) is 8.25. The minimum Gasteiger partial charge on any atom is -0.508 e. The number of halogens is 1. The number of fused-ring (bicyclic) bond motifs is 4. The van der Waals surface area contributed by atoms with Gasteiger partial charge >= 0.3 is 0 Å². The van der Waals surface area contributed by atoms with Crippen molar-refractivity contribution < 1.29 is 10.2 Å². The minimum atomic E-state index is -0.905. The molecule has 5 heteroatoms. The lowest BCUT2D eigenvalue weighted by atomic mass is 9.56. The van der Waals surface area contributed by atoms with E-state index >= 15 is 0 Å². The summed E-state index contributed by atoms with van der Waals surface area (Å²) in [6.45, 7) is 1.52. The number of piperidine rings is 1. The van der Waals surface area contributed by atoms with E-state index in [0.717, 1.165) is 35.1 Å². The predicted molar refractivity (Wildman–Crippen MR) is 108 cm³/mol. The minimum absolute atomic E-state index is 0.244. The highest BCUT2D eigenvalue weighted by molar-refractivity contribution is 6.35. The van der Waals surface area contributed by atoms with Crippen LogP contribution in [0.25, 0.3) is 10.9 Å². The van der Waals surface area contributed by atoms with E-state index in [4.69, 9.17) is 11.6 Å². The van der Waals surface area contributed by atoms with Gasteiger partial charge < -0.3 is 20.1 Å². The highest BCUT2D eigenvalue weighted by Crippen LogP contribution is 2.51. The smallest absolute Gasteiger partial charge is 0.115 e. The molecule has 27 heavy (non-hydrogen) atoms. The van der Waals surface area contributed by atoms with Gasteiger partial charge in [-0.25, -0.2) is 0 Å². The standard InChI is InChI=1S/C22H23ClN2O2/c1-25-9-8-21(14-4-2-5-15(26)10-14)12-19-17(11-22(21,27)13-25)16-6-3-7-18(23)20(16)24-19/h2-7,10,24,26-27H,8-9,11-13H2,1H3. The van der Waals surface area contributed by atoms with E-state index in [9.17, 15) is 10.2 Å². The Bertz CT molecular complexity index is 1050. The van der Waals surface area contributed by atoms with E-state index in [0.29, 0.717) is 24.4 Å². The number of β-amino-alcohol motifs (C(OH)–C–C–N with tert-alkyl or cyclic N) is 1. The van der Waals surface area contributed by atoms with Crippen molar-refractivity contribution in [1.82, 2.24) is 9.88 Å². The van der Waals surface area contributed by atoms with Gasteiger partial charge in [-0.2, -0.15) is 0 Å². The number of aromatic nitrogens is 1. The maximum absolute atomic E-state index is 12.0. The number of benzene rings is 2. The van der Waals surface area contributed by atoms with E-state index < -0.39 is 11.0 Å². The normalized spacial score (nSPS) is 28.1. The van der Waals surface area contributed by atoms with Crippen molar-refractivity contribution >= 4 is 22.5 Å². The summed E-state index contributed by atoms with van der Waals surface area (Å²) in [5.41, 5.74) is 2.94. The van der Waals surface area contributed by atoms with Crippen molar-refractivity contribution in [3.63, 3.8) is 0 Å². The van der Waals surface area contributed by atoms with Crippen molar-refractivity contribution in [3.05, 3.63) is 64.3 Å². The predicted octanol–water partition coefficient (Wildman–Crippen LogP) is 3.63. The van der Waals surface area contributed by atoms with Gasteiger partial charge in [-0.15, -0.1) is 0 Å². The molecule has 0 saturated carbocycles. The Morgan fingerprint density at radius 2 is 1.96 bits per heavy atom. The number of para-hydroxylation sites is 1. The SMILES string of the molecule is CN1CCC2(c3cccc(O)c3)Cc3[nH]c4c(Cl)cccc4c3CC2(O)C1. The summed E-state index contributed by atoms with van der Waals surface area (Å²) >= 11 is 6.42. The van der Waals surface area contributed by atoms with Crippen LogP contribution < -0.4 is 0 Å². The van der Waals surface area contributed by atoms with Crippen LogP contribution in [0.2, 0.25) is 5.02 Å². The summed E-state index contributed by atoms with van der Waals surface area (Å²) < 4.78 is 0. The Balaban J connectivity index is 1.74. The maximum atomic E-state index is 12.0. The molecule has 3 aromatic rings. The summed E-state index contributed by atoms with van der Waals surface area (Å²) in [7, 11) is 2.06. The number of likely N-dealkylation sites (tertiary alicyclic amines) is 1. The van der Waals surface area contributed by atoms with Crippen LogP contribution in [-0.4, -0.2) is 45.8 Å². The fourth-order valence-corrected chi connectivity index (χ4v) is 5.55. The third-order valence-corrected chi connectivity index (χ3v) is 6.98. The van der Waals surface area contributed by atoms with Crippen LogP contribution in [0.5, 0.6) is 5.75 Å². The fourth-order valence-electron chi connectivity index (χ4n) is 5.33.